The molecule has 1 aliphatic rings. The second-order valence-corrected chi connectivity index (χ2v) is 7.67. The lowest BCUT2D eigenvalue weighted by Crippen LogP contribution is -2.28. The number of pyridine rings is 1. The number of methoxy groups -OCH3 is 1. The van der Waals surface area contributed by atoms with Crippen LogP contribution in [-0.4, -0.2) is 46.2 Å². The standard InChI is InChI=1S/C25H27N5O2/c1-4-8-18(22(5-2)32-3)23-20-14-17(15-27-24(20)29-28-23)16-9-10-21(26)19(13-16)25(31)30-11-6-7-12-30/h4-5,8-10,13-15H,1,6-7,11-12,26H2,2-3H3,(H,27,28,29)/b18-8+,22-5+. The van der Waals surface area contributed by atoms with Crippen LogP contribution < -0.4 is 5.73 Å². The molecule has 1 aromatic carbocycles. The number of nitrogens with zero attached hydrogens (tertiary/aromatic N) is 3. The van der Waals surface area contributed by atoms with Crippen molar-refractivity contribution in [1.82, 2.24) is 20.1 Å². The molecule has 1 amide bonds. The summed E-state index contributed by atoms with van der Waals surface area (Å²) in [5.74, 6) is 0.681. The zero-order chi connectivity index (χ0) is 22.7. The first-order valence-corrected chi connectivity index (χ1v) is 10.6. The zero-order valence-corrected chi connectivity index (χ0v) is 18.4. The number of nitrogens with one attached hydrogen (secondary N) is 1. The number of benzene rings is 1. The fourth-order valence-electron chi connectivity index (χ4n) is 4.06. The van der Waals surface area contributed by atoms with Gasteiger partial charge in [-0.1, -0.05) is 18.7 Å². The fourth-order valence-corrected chi connectivity index (χ4v) is 4.06. The minimum atomic E-state index is -0.0195. The highest BCUT2D eigenvalue weighted by Crippen LogP contribution is 2.32. The van der Waals surface area contributed by atoms with E-state index in [9.17, 15) is 4.79 Å². The van der Waals surface area contributed by atoms with E-state index in [-0.39, 0.29) is 5.91 Å². The number of anilines is 1. The number of amides is 1. The average molecular weight is 430 g/mol. The number of rotatable bonds is 6. The molecule has 0 bridgehead atoms. The summed E-state index contributed by atoms with van der Waals surface area (Å²) in [5.41, 5.74) is 11.1. The van der Waals surface area contributed by atoms with Crippen molar-refractivity contribution in [2.75, 3.05) is 25.9 Å². The van der Waals surface area contributed by atoms with Gasteiger partial charge >= 0.3 is 0 Å². The number of carbonyl (C=O) groups excluding carboxylic acids is 1. The van der Waals surface area contributed by atoms with Gasteiger partial charge in [0.15, 0.2) is 5.65 Å². The van der Waals surface area contributed by atoms with Gasteiger partial charge in [0.25, 0.3) is 5.91 Å². The number of hydrogen-bond donors (Lipinski definition) is 2. The second-order valence-electron chi connectivity index (χ2n) is 7.67. The molecular weight excluding hydrogens is 402 g/mol. The molecule has 3 N–H and O–H groups in total. The number of hydrogen-bond acceptors (Lipinski definition) is 5. The van der Waals surface area contributed by atoms with Crippen LogP contribution in [0.25, 0.3) is 27.7 Å². The molecule has 164 valence electrons. The molecule has 1 saturated heterocycles. The van der Waals surface area contributed by atoms with Crippen molar-refractivity contribution < 1.29 is 9.53 Å². The van der Waals surface area contributed by atoms with Gasteiger partial charge in [0.2, 0.25) is 0 Å². The van der Waals surface area contributed by atoms with Crippen molar-refractivity contribution in [2.45, 2.75) is 19.8 Å². The Morgan fingerprint density at radius 1 is 1.25 bits per heavy atom. The Morgan fingerprint density at radius 2 is 2.03 bits per heavy atom. The number of aromatic amines is 1. The highest BCUT2D eigenvalue weighted by Gasteiger charge is 2.22. The molecule has 32 heavy (non-hydrogen) atoms. The van der Waals surface area contributed by atoms with E-state index in [1.54, 1.807) is 25.4 Å². The molecule has 0 spiro atoms. The van der Waals surface area contributed by atoms with Crippen LogP contribution in [0.4, 0.5) is 5.69 Å². The summed E-state index contributed by atoms with van der Waals surface area (Å²) in [4.78, 5) is 19.3. The van der Waals surface area contributed by atoms with E-state index in [1.165, 1.54) is 0 Å². The van der Waals surface area contributed by atoms with E-state index in [0.717, 1.165) is 53.7 Å². The van der Waals surface area contributed by atoms with Crippen molar-refractivity contribution in [1.29, 1.82) is 0 Å². The maximum absolute atomic E-state index is 13.0. The van der Waals surface area contributed by atoms with E-state index in [1.807, 2.05) is 42.2 Å². The lowest BCUT2D eigenvalue weighted by atomic mass is 10.00. The number of ether oxygens (including phenoxy) is 1. The van der Waals surface area contributed by atoms with Crippen LogP contribution in [-0.2, 0) is 4.74 Å². The zero-order valence-electron chi connectivity index (χ0n) is 18.4. The molecule has 0 aliphatic carbocycles. The minimum Gasteiger partial charge on any atom is -0.496 e. The van der Waals surface area contributed by atoms with Gasteiger partial charge in [-0.2, -0.15) is 5.10 Å². The van der Waals surface area contributed by atoms with Gasteiger partial charge in [-0.3, -0.25) is 9.89 Å². The normalized spacial score (nSPS) is 14.8. The summed E-state index contributed by atoms with van der Waals surface area (Å²) >= 11 is 0. The van der Waals surface area contributed by atoms with Crippen LogP contribution in [0.1, 0.15) is 35.8 Å². The third-order valence-corrected chi connectivity index (χ3v) is 5.72. The Bertz CT molecular complexity index is 1230. The van der Waals surface area contributed by atoms with Crippen molar-refractivity contribution in [3.8, 4) is 11.1 Å². The topological polar surface area (TPSA) is 97.1 Å². The second kappa shape index (κ2) is 9.09. The van der Waals surface area contributed by atoms with Gasteiger partial charge in [-0.05, 0) is 55.7 Å². The number of H-pyrrole nitrogens is 1. The van der Waals surface area contributed by atoms with Crippen LogP contribution in [0, 0.1) is 0 Å². The monoisotopic (exact) mass is 429 g/mol. The quantitative estimate of drug-likeness (QED) is 0.340. The Morgan fingerprint density at radius 3 is 2.72 bits per heavy atom. The molecule has 7 nitrogen and oxygen atoms in total. The molecular formula is C25H27N5O2. The molecule has 3 heterocycles. The van der Waals surface area contributed by atoms with Gasteiger partial charge in [0.1, 0.15) is 5.76 Å². The fraction of sp³-hybridized carbons (Fsp3) is 0.240. The first-order chi connectivity index (χ1) is 15.6. The first kappa shape index (κ1) is 21.4. The van der Waals surface area contributed by atoms with Gasteiger partial charge in [0.05, 0.1) is 18.4 Å². The molecule has 0 unspecified atom stereocenters. The molecule has 2 aromatic heterocycles. The van der Waals surface area contributed by atoms with Gasteiger partial charge in [-0.25, -0.2) is 4.98 Å². The molecule has 3 aromatic rings. The summed E-state index contributed by atoms with van der Waals surface area (Å²) in [6.07, 6.45) is 9.28. The minimum absolute atomic E-state index is 0.0195. The van der Waals surface area contributed by atoms with Crippen molar-refractivity contribution in [2.24, 2.45) is 0 Å². The van der Waals surface area contributed by atoms with E-state index in [0.29, 0.717) is 22.7 Å². The number of fused-ring (bicyclic) bond motifs is 1. The largest absolute Gasteiger partial charge is 0.496 e. The summed E-state index contributed by atoms with van der Waals surface area (Å²) in [7, 11) is 1.63. The molecule has 1 fully saturated rings. The third-order valence-electron chi connectivity index (χ3n) is 5.72. The van der Waals surface area contributed by atoms with Crippen molar-refractivity contribution in [3.63, 3.8) is 0 Å². The van der Waals surface area contributed by atoms with Crippen molar-refractivity contribution in [3.05, 3.63) is 72.3 Å². The molecule has 1 aliphatic heterocycles. The Balaban J connectivity index is 1.79. The molecule has 4 rings (SSSR count). The molecule has 7 heteroatoms. The van der Waals surface area contributed by atoms with Gasteiger partial charge in [-0.15, -0.1) is 0 Å². The Labute approximate surface area is 187 Å². The summed E-state index contributed by atoms with van der Waals surface area (Å²) in [6.45, 7) is 7.28. The summed E-state index contributed by atoms with van der Waals surface area (Å²) in [5, 5.41) is 8.26. The number of allylic oxidation sites excluding steroid dienone is 4. The number of nitrogens with two attached hydrogens (primary N) is 1. The van der Waals surface area contributed by atoms with Crippen LogP contribution >= 0.6 is 0 Å². The van der Waals surface area contributed by atoms with Crippen LogP contribution in [0.15, 0.2) is 61.0 Å². The van der Waals surface area contributed by atoms with Crippen molar-refractivity contribution >= 4 is 28.2 Å². The van der Waals surface area contributed by atoms with E-state index in [4.69, 9.17) is 10.5 Å². The Kier molecular flexibility index (Phi) is 6.07. The maximum atomic E-state index is 13.0. The third kappa shape index (κ3) is 3.89. The van der Waals surface area contributed by atoms with Crippen LogP contribution in [0.3, 0.4) is 0 Å². The predicted molar refractivity (Wildman–Crippen MR) is 128 cm³/mol. The number of nitrogen functional groups attached to an aromatic ring is 1. The summed E-state index contributed by atoms with van der Waals surface area (Å²) < 4.78 is 5.53. The number of likely N-dealkylation sites (tertiary alicyclic amines) is 1. The SMILES string of the molecule is C=C/C=C(\C(=C/C)OC)c1[nH]nc2ncc(-c3ccc(N)c(C(=O)N4CCCC4)c3)cc12. The molecule has 0 atom stereocenters. The highest BCUT2D eigenvalue weighted by molar-refractivity contribution is 6.01. The predicted octanol–water partition coefficient (Wildman–Crippen LogP) is 4.56. The first-order valence-electron chi connectivity index (χ1n) is 10.6. The van der Waals surface area contributed by atoms with E-state index < -0.39 is 0 Å². The van der Waals surface area contributed by atoms with E-state index >= 15 is 0 Å². The number of carbonyl (C=O) groups is 1. The summed E-state index contributed by atoms with van der Waals surface area (Å²) in [6, 6.07) is 7.55. The lowest BCUT2D eigenvalue weighted by molar-refractivity contribution is 0.0794. The maximum Gasteiger partial charge on any atom is 0.255 e. The van der Waals surface area contributed by atoms with Gasteiger partial charge in [0, 0.05) is 41.5 Å². The van der Waals surface area contributed by atoms with E-state index in [2.05, 4.69) is 21.8 Å². The highest BCUT2D eigenvalue weighted by atomic mass is 16.5. The lowest BCUT2D eigenvalue weighted by Gasteiger charge is -2.17. The molecule has 0 radical (unpaired) electrons. The Hall–Kier alpha value is -3.87. The smallest absolute Gasteiger partial charge is 0.255 e. The van der Waals surface area contributed by atoms with Crippen LogP contribution in [0.2, 0.25) is 0 Å². The van der Waals surface area contributed by atoms with Gasteiger partial charge < -0.3 is 15.4 Å². The number of aromatic nitrogens is 3. The van der Waals surface area contributed by atoms with Crippen LogP contribution in [0.5, 0.6) is 0 Å². The average Bonchev–Trinajstić information content (AvgIpc) is 3.49. The molecule has 0 saturated carbocycles.